The number of non-ortho nitro benzene ring substituents is 1. The number of rotatable bonds is 8. The molecule has 0 fully saturated rings. The van der Waals surface area contributed by atoms with Crippen LogP contribution in [-0.2, 0) is 10.0 Å². The first-order chi connectivity index (χ1) is 14.3. The number of nitro benzene ring substituents is 1. The maximum atomic E-state index is 12.6. The average molecular weight is 444 g/mol. The first-order valence-corrected chi connectivity index (χ1v) is 10.8. The summed E-state index contributed by atoms with van der Waals surface area (Å²) in [6.07, 6.45) is 0. The van der Waals surface area contributed by atoms with Gasteiger partial charge in [-0.2, -0.15) is 0 Å². The normalized spacial score (nSPS) is 10.8. The Hall–Kier alpha value is -3.70. The van der Waals surface area contributed by atoms with Gasteiger partial charge in [0.15, 0.2) is 0 Å². The van der Waals surface area contributed by atoms with Crippen LogP contribution in [0.2, 0.25) is 0 Å². The first kappa shape index (κ1) is 21.0. The van der Waals surface area contributed by atoms with Gasteiger partial charge in [-0.3, -0.25) is 30.5 Å². The molecule has 0 radical (unpaired) electrons. The number of carbonyl (C=O) groups excluding carboxylic acids is 1. The van der Waals surface area contributed by atoms with Gasteiger partial charge in [0.05, 0.1) is 21.9 Å². The van der Waals surface area contributed by atoms with Gasteiger partial charge in [-0.15, -0.1) is 11.3 Å². The molecule has 0 aliphatic carbocycles. The number of sulfonamides is 1. The largest absolute Gasteiger partial charge is 0.298 e. The van der Waals surface area contributed by atoms with Crippen LogP contribution in [0.3, 0.4) is 0 Å². The van der Waals surface area contributed by atoms with Crippen molar-refractivity contribution in [3.8, 4) is 0 Å². The van der Waals surface area contributed by atoms with E-state index in [2.05, 4.69) is 22.2 Å². The minimum atomic E-state index is -3.82. The number of nitrogens with zero attached hydrogens (tertiary/aromatic N) is 1. The van der Waals surface area contributed by atoms with Gasteiger partial charge in [0.1, 0.15) is 4.21 Å². The van der Waals surface area contributed by atoms with E-state index >= 15 is 0 Å². The molecule has 0 saturated carbocycles. The maximum Gasteiger partial charge on any atom is 0.271 e. The predicted octanol–water partition coefficient (Wildman–Crippen LogP) is 3.36. The highest BCUT2D eigenvalue weighted by atomic mass is 32.2. The SMILES string of the molecule is C=C(NNC(=O)c1ccccc1NS(=O)(=O)c1cccs1)c1ccc([N+](=O)[O-])cc1. The van der Waals surface area contributed by atoms with E-state index in [0.29, 0.717) is 11.3 Å². The standard InChI is InChI=1S/C19H16N4O5S2/c1-13(14-8-10-15(11-9-14)23(25)26)20-21-19(24)16-5-2-3-6-17(16)22-30(27,28)18-7-4-12-29-18/h2-12,20,22H,1H2,(H,21,24). The maximum absolute atomic E-state index is 12.6. The lowest BCUT2D eigenvalue weighted by Gasteiger charge is -2.14. The number of hydrogen-bond acceptors (Lipinski definition) is 7. The molecule has 0 atom stereocenters. The summed E-state index contributed by atoms with van der Waals surface area (Å²) in [4.78, 5) is 22.8. The van der Waals surface area contributed by atoms with Crippen LogP contribution in [0.25, 0.3) is 5.70 Å². The number of benzene rings is 2. The van der Waals surface area contributed by atoms with Gasteiger partial charge in [-0.05, 0) is 41.3 Å². The molecule has 0 aliphatic heterocycles. The summed E-state index contributed by atoms with van der Waals surface area (Å²) in [6.45, 7) is 3.77. The molecule has 3 rings (SSSR count). The van der Waals surface area contributed by atoms with Gasteiger partial charge in [-0.1, -0.05) is 24.8 Å². The molecular weight excluding hydrogens is 428 g/mol. The second-order valence-electron chi connectivity index (χ2n) is 5.94. The summed E-state index contributed by atoms with van der Waals surface area (Å²) < 4.78 is 27.4. The summed E-state index contributed by atoms with van der Waals surface area (Å²) in [5, 5.41) is 12.4. The lowest BCUT2D eigenvalue weighted by molar-refractivity contribution is -0.384. The number of hydrogen-bond donors (Lipinski definition) is 3. The number of hydrazine groups is 1. The molecule has 1 heterocycles. The van der Waals surface area contributed by atoms with Crippen LogP contribution in [0.15, 0.2) is 76.8 Å². The second kappa shape index (κ2) is 8.76. The Kier molecular flexibility index (Phi) is 6.14. The summed E-state index contributed by atoms with van der Waals surface area (Å²) in [7, 11) is -3.82. The minimum Gasteiger partial charge on any atom is -0.298 e. The molecule has 3 N–H and O–H groups in total. The molecular formula is C19H16N4O5S2. The Morgan fingerprint density at radius 3 is 2.33 bits per heavy atom. The third kappa shape index (κ3) is 4.82. The zero-order valence-corrected chi connectivity index (χ0v) is 17.0. The van der Waals surface area contributed by atoms with Gasteiger partial charge in [0, 0.05) is 12.1 Å². The van der Waals surface area contributed by atoms with E-state index in [1.165, 1.54) is 42.5 Å². The number of para-hydroxylation sites is 1. The van der Waals surface area contributed by atoms with Crippen molar-refractivity contribution < 1.29 is 18.1 Å². The van der Waals surface area contributed by atoms with Crippen molar-refractivity contribution >= 4 is 44.3 Å². The summed E-state index contributed by atoms with van der Waals surface area (Å²) in [6, 6.07) is 14.8. The molecule has 0 aliphatic rings. The smallest absolute Gasteiger partial charge is 0.271 e. The van der Waals surface area contributed by atoms with Crippen molar-refractivity contribution in [1.82, 2.24) is 10.9 Å². The van der Waals surface area contributed by atoms with Crippen LogP contribution in [0.4, 0.5) is 11.4 Å². The Labute approximate surface area is 176 Å². The van der Waals surface area contributed by atoms with Crippen LogP contribution in [0.1, 0.15) is 15.9 Å². The van der Waals surface area contributed by atoms with E-state index in [1.807, 2.05) is 0 Å². The van der Waals surface area contributed by atoms with Crippen molar-refractivity contribution in [2.75, 3.05) is 4.72 Å². The lowest BCUT2D eigenvalue weighted by atomic mass is 10.1. The topological polar surface area (TPSA) is 130 Å². The van der Waals surface area contributed by atoms with E-state index in [4.69, 9.17) is 0 Å². The molecule has 30 heavy (non-hydrogen) atoms. The summed E-state index contributed by atoms with van der Waals surface area (Å²) in [5.74, 6) is -0.595. The fourth-order valence-electron chi connectivity index (χ4n) is 2.44. The Balaban J connectivity index is 1.70. The van der Waals surface area contributed by atoms with Crippen LogP contribution in [0.5, 0.6) is 0 Å². The highest BCUT2D eigenvalue weighted by Gasteiger charge is 2.19. The van der Waals surface area contributed by atoms with Crippen molar-refractivity contribution in [3.05, 3.63) is 93.9 Å². The number of thiophene rings is 1. The first-order valence-electron chi connectivity index (χ1n) is 8.43. The van der Waals surface area contributed by atoms with Crippen molar-refractivity contribution in [2.24, 2.45) is 0 Å². The Morgan fingerprint density at radius 2 is 1.70 bits per heavy atom. The van der Waals surface area contributed by atoms with Crippen LogP contribution in [-0.4, -0.2) is 19.2 Å². The molecule has 3 aromatic rings. The molecule has 154 valence electrons. The minimum absolute atomic E-state index is 0.0671. The van der Waals surface area contributed by atoms with Crippen molar-refractivity contribution in [2.45, 2.75) is 4.21 Å². The van der Waals surface area contributed by atoms with Crippen molar-refractivity contribution in [3.63, 3.8) is 0 Å². The van der Waals surface area contributed by atoms with E-state index < -0.39 is 20.9 Å². The molecule has 1 aromatic heterocycles. The van der Waals surface area contributed by atoms with E-state index in [-0.39, 0.29) is 21.1 Å². The number of carbonyl (C=O) groups is 1. The quantitative estimate of drug-likeness (QED) is 0.361. The molecule has 0 saturated heterocycles. The lowest BCUT2D eigenvalue weighted by Crippen LogP contribution is -2.36. The Bertz CT molecular complexity index is 1190. The van der Waals surface area contributed by atoms with Gasteiger partial charge in [-0.25, -0.2) is 8.42 Å². The zero-order chi connectivity index (χ0) is 21.7. The van der Waals surface area contributed by atoms with E-state index in [9.17, 15) is 23.3 Å². The number of anilines is 1. The van der Waals surface area contributed by atoms with Crippen LogP contribution >= 0.6 is 11.3 Å². The predicted molar refractivity (Wildman–Crippen MR) is 114 cm³/mol. The van der Waals surface area contributed by atoms with Gasteiger partial charge in [0.25, 0.3) is 21.6 Å². The molecule has 11 heteroatoms. The molecule has 0 spiro atoms. The van der Waals surface area contributed by atoms with E-state index in [0.717, 1.165) is 11.3 Å². The highest BCUT2D eigenvalue weighted by molar-refractivity contribution is 7.94. The Morgan fingerprint density at radius 1 is 1.00 bits per heavy atom. The molecule has 1 amide bonds. The van der Waals surface area contributed by atoms with Crippen molar-refractivity contribution in [1.29, 1.82) is 0 Å². The molecule has 0 unspecified atom stereocenters. The second-order valence-corrected chi connectivity index (χ2v) is 8.80. The van der Waals surface area contributed by atoms with Gasteiger partial charge >= 0.3 is 0 Å². The number of nitro groups is 1. The number of amides is 1. The number of nitrogens with one attached hydrogen (secondary N) is 3. The fourth-order valence-corrected chi connectivity index (χ4v) is 4.51. The molecule has 2 aromatic carbocycles. The van der Waals surface area contributed by atoms with Crippen LogP contribution < -0.4 is 15.6 Å². The molecule has 9 nitrogen and oxygen atoms in total. The highest BCUT2D eigenvalue weighted by Crippen LogP contribution is 2.23. The third-order valence-corrected chi connectivity index (χ3v) is 6.69. The van der Waals surface area contributed by atoms with E-state index in [1.54, 1.807) is 23.6 Å². The fraction of sp³-hybridized carbons (Fsp3) is 0. The van der Waals surface area contributed by atoms with Gasteiger partial charge < -0.3 is 0 Å². The van der Waals surface area contributed by atoms with Gasteiger partial charge in [0.2, 0.25) is 0 Å². The van der Waals surface area contributed by atoms with Crippen LogP contribution in [0, 0.1) is 10.1 Å². The summed E-state index contributed by atoms with van der Waals surface area (Å²) >= 11 is 1.06. The zero-order valence-electron chi connectivity index (χ0n) is 15.4. The molecule has 0 bridgehead atoms. The summed E-state index contributed by atoms with van der Waals surface area (Å²) in [5.41, 5.74) is 6.05. The third-order valence-electron chi connectivity index (χ3n) is 3.93. The average Bonchev–Trinajstić information content (AvgIpc) is 3.28. The monoisotopic (exact) mass is 444 g/mol.